The van der Waals surface area contributed by atoms with Gasteiger partial charge < -0.3 is 9.84 Å². The maximum absolute atomic E-state index is 13.0. The normalized spacial score (nSPS) is 13.2. The standard InChI is InChI=1S/C16H14F3N3O2/c17-16(18,19)15-13-8-20-7-6-14(13)22(21-15)9-11(23)10-24-12-4-2-1-3-5-12/h1-8,11,23H,9-10H2. The van der Waals surface area contributed by atoms with Crippen molar-refractivity contribution in [3.63, 3.8) is 0 Å². The van der Waals surface area contributed by atoms with Gasteiger partial charge in [0.25, 0.3) is 0 Å². The Balaban J connectivity index is 1.77. The molecular formula is C16H14F3N3O2. The largest absolute Gasteiger partial charge is 0.491 e. The highest BCUT2D eigenvalue weighted by molar-refractivity contribution is 5.81. The molecule has 2 aromatic heterocycles. The second kappa shape index (κ2) is 6.48. The summed E-state index contributed by atoms with van der Waals surface area (Å²) in [5, 5.41) is 13.5. The fraction of sp³-hybridized carbons (Fsp3) is 0.250. The van der Waals surface area contributed by atoms with Gasteiger partial charge in [0.2, 0.25) is 0 Å². The molecule has 24 heavy (non-hydrogen) atoms. The van der Waals surface area contributed by atoms with Crippen molar-refractivity contribution < 1.29 is 23.0 Å². The minimum Gasteiger partial charge on any atom is -0.491 e. The summed E-state index contributed by atoms with van der Waals surface area (Å²) >= 11 is 0. The van der Waals surface area contributed by atoms with Crippen molar-refractivity contribution in [2.75, 3.05) is 6.61 Å². The van der Waals surface area contributed by atoms with Crippen LogP contribution < -0.4 is 4.74 Å². The first-order chi connectivity index (χ1) is 11.4. The van der Waals surface area contributed by atoms with Gasteiger partial charge >= 0.3 is 6.18 Å². The highest BCUT2D eigenvalue weighted by Gasteiger charge is 2.37. The number of halogens is 3. The molecule has 1 N–H and O–H groups in total. The van der Waals surface area contributed by atoms with Gasteiger partial charge in [-0.15, -0.1) is 0 Å². The third kappa shape index (κ3) is 3.48. The van der Waals surface area contributed by atoms with Crippen molar-refractivity contribution in [1.29, 1.82) is 0 Å². The van der Waals surface area contributed by atoms with E-state index < -0.39 is 18.0 Å². The summed E-state index contributed by atoms with van der Waals surface area (Å²) in [5.74, 6) is 0.571. The van der Waals surface area contributed by atoms with E-state index in [0.29, 0.717) is 5.75 Å². The molecule has 2 heterocycles. The van der Waals surface area contributed by atoms with Crippen LogP contribution in [0, 0.1) is 0 Å². The summed E-state index contributed by atoms with van der Waals surface area (Å²) in [5.41, 5.74) is -0.752. The Morgan fingerprint density at radius 3 is 2.62 bits per heavy atom. The molecule has 3 aromatic rings. The van der Waals surface area contributed by atoms with Crippen LogP contribution in [0.4, 0.5) is 13.2 Å². The summed E-state index contributed by atoms with van der Waals surface area (Å²) in [6.45, 7) is -0.179. The minimum atomic E-state index is -4.59. The molecule has 0 radical (unpaired) electrons. The predicted octanol–water partition coefficient (Wildman–Crippen LogP) is 2.89. The third-order valence-corrected chi connectivity index (χ3v) is 3.39. The molecule has 0 amide bonds. The Kier molecular flexibility index (Phi) is 4.39. The van der Waals surface area contributed by atoms with Crippen LogP contribution in [0.5, 0.6) is 5.75 Å². The van der Waals surface area contributed by atoms with E-state index in [1.165, 1.54) is 12.3 Å². The molecular weight excluding hydrogens is 323 g/mol. The average molecular weight is 337 g/mol. The molecule has 0 fully saturated rings. The van der Waals surface area contributed by atoms with Gasteiger partial charge in [-0.25, -0.2) is 0 Å². The van der Waals surface area contributed by atoms with E-state index in [2.05, 4.69) is 10.1 Å². The first-order valence-electron chi connectivity index (χ1n) is 7.19. The van der Waals surface area contributed by atoms with Crippen LogP contribution in [0.3, 0.4) is 0 Å². The lowest BCUT2D eigenvalue weighted by Crippen LogP contribution is -2.24. The van der Waals surface area contributed by atoms with Crippen LogP contribution in [0.25, 0.3) is 10.9 Å². The van der Waals surface area contributed by atoms with Gasteiger partial charge in [0.15, 0.2) is 5.69 Å². The number of hydrogen-bond donors (Lipinski definition) is 1. The number of aliphatic hydroxyl groups excluding tert-OH is 1. The smallest absolute Gasteiger partial charge is 0.435 e. The Morgan fingerprint density at radius 1 is 1.17 bits per heavy atom. The van der Waals surface area contributed by atoms with E-state index >= 15 is 0 Å². The van der Waals surface area contributed by atoms with E-state index in [-0.39, 0.29) is 24.1 Å². The van der Waals surface area contributed by atoms with Crippen LogP contribution in [-0.4, -0.2) is 32.6 Å². The van der Waals surface area contributed by atoms with Crippen molar-refractivity contribution in [3.05, 3.63) is 54.5 Å². The Hall–Kier alpha value is -2.61. The molecule has 0 aliphatic heterocycles. The molecule has 0 spiro atoms. The predicted molar refractivity (Wildman–Crippen MR) is 80.5 cm³/mol. The molecule has 1 atom stereocenters. The van der Waals surface area contributed by atoms with Gasteiger partial charge in [-0.1, -0.05) is 18.2 Å². The number of rotatable bonds is 5. The molecule has 126 valence electrons. The topological polar surface area (TPSA) is 60.2 Å². The molecule has 0 aliphatic carbocycles. The second-order valence-electron chi connectivity index (χ2n) is 5.20. The van der Waals surface area contributed by atoms with Crippen molar-refractivity contribution in [2.45, 2.75) is 18.8 Å². The summed E-state index contributed by atoms with van der Waals surface area (Å²) < 4.78 is 45.7. The molecule has 1 aromatic carbocycles. The second-order valence-corrected chi connectivity index (χ2v) is 5.20. The Labute approximate surface area is 135 Å². The lowest BCUT2D eigenvalue weighted by molar-refractivity contribution is -0.140. The molecule has 1 unspecified atom stereocenters. The highest BCUT2D eigenvalue weighted by Crippen LogP contribution is 2.33. The van der Waals surface area contributed by atoms with Crippen LogP contribution in [0.15, 0.2) is 48.8 Å². The summed E-state index contributed by atoms with van der Waals surface area (Å²) in [4.78, 5) is 3.71. The number of hydrogen-bond acceptors (Lipinski definition) is 4. The zero-order chi connectivity index (χ0) is 17.2. The van der Waals surface area contributed by atoms with Crippen LogP contribution in [0.2, 0.25) is 0 Å². The molecule has 0 bridgehead atoms. The average Bonchev–Trinajstić information content (AvgIpc) is 2.93. The lowest BCUT2D eigenvalue weighted by Gasteiger charge is -2.13. The van der Waals surface area contributed by atoms with Crippen LogP contribution in [-0.2, 0) is 12.7 Å². The third-order valence-electron chi connectivity index (χ3n) is 3.39. The first-order valence-corrected chi connectivity index (χ1v) is 7.19. The molecule has 0 saturated heterocycles. The van der Waals surface area contributed by atoms with Gasteiger partial charge in [-0.3, -0.25) is 9.67 Å². The van der Waals surface area contributed by atoms with E-state index in [1.807, 2.05) is 6.07 Å². The van der Waals surface area contributed by atoms with Gasteiger partial charge in [0.1, 0.15) is 18.5 Å². The quantitative estimate of drug-likeness (QED) is 0.778. The van der Waals surface area contributed by atoms with E-state index in [4.69, 9.17) is 4.74 Å². The minimum absolute atomic E-state index is 0.0577. The Bertz CT molecular complexity index is 818. The van der Waals surface area contributed by atoms with E-state index in [1.54, 1.807) is 24.3 Å². The van der Waals surface area contributed by atoms with Gasteiger partial charge in [-0.05, 0) is 18.2 Å². The van der Waals surface area contributed by atoms with Gasteiger partial charge in [-0.2, -0.15) is 18.3 Å². The van der Waals surface area contributed by atoms with Crippen molar-refractivity contribution >= 4 is 10.9 Å². The summed E-state index contributed by atoms with van der Waals surface area (Å²) in [6, 6.07) is 10.3. The van der Waals surface area contributed by atoms with Crippen LogP contribution >= 0.6 is 0 Å². The zero-order valence-electron chi connectivity index (χ0n) is 12.4. The van der Waals surface area contributed by atoms with E-state index in [9.17, 15) is 18.3 Å². The number of aromatic nitrogens is 3. The van der Waals surface area contributed by atoms with Crippen molar-refractivity contribution in [1.82, 2.24) is 14.8 Å². The SMILES string of the molecule is OC(COc1ccccc1)Cn1nc(C(F)(F)F)c2cnccc21. The molecule has 5 nitrogen and oxygen atoms in total. The molecule has 8 heteroatoms. The van der Waals surface area contributed by atoms with Gasteiger partial charge in [0.05, 0.1) is 17.4 Å². The van der Waals surface area contributed by atoms with Crippen molar-refractivity contribution in [3.8, 4) is 5.75 Å². The monoisotopic (exact) mass is 337 g/mol. The number of nitrogens with zero attached hydrogens (tertiary/aromatic N) is 3. The molecule has 3 rings (SSSR count). The fourth-order valence-electron chi connectivity index (χ4n) is 2.33. The Morgan fingerprint density at radius 2 is 1.92 bits per heavy atom. The number of alkyl halides is 3. The molecule has 0 saturated carbocycles. The van der Waals surface area contributed by atoms with Crippen LogP contribution in [0.1, 0.15) is 5.69 Å². The highest BCUT2D eigenvalue weighted by atomic mass is 19.4. The summed E-state index contributed by atoms with van der Waals surface area (Å²) in [6.07, 6.45) is -3.09. The summed E-state index contributed by atoms with van der Waals surface area (Å²) in [7, 11) is 0. The first kappa shape index (κ1) is 16.3. The number of ether oxygens (including phenoxy) is 1. The van der Waals surface area contributed by atoms with E-state index in [0.717, 1.165) is 10.9 Å². The maximum Gasteiger partial charge on any atom is 0.435 e. The number of aliphatic hydroxyl groups is 1. The number of fused-ring (bicyclic) bond motifs is 1. The molecule has 0 aliphatic rings. The fourth-order valence-corrected chi connectivity index (χ4v) is 2.33. The number of pyridine rings is 1. The number of benzene rings is 1. The zero-order valence-corrected chi connectivity index (χ0v) is 12.4. The lowest BCUT2D eigenvalue weighted by atomic mass is 10.2. The van der Waals surface area contributed by atoms with Crippen molar-refractivity contribution in [2.24, 2.45) is 0 Å². The maximum atomic E-state index is 13.0. The number of para-hydroxylation sites is 1. The van der Waals surface area contributed by atoms with Gasteiger partial charge in [0, 0.05) is 12.4 Å².